The molecule has 3 heterocycles. The van der Waals surface area contributed by atoms with Gasteiger partial charge in [0.2, 0.25) is 0 Å². The molecule has 1 aromatic heterocycles. The van der Waals surface area contributed by atoms with Crippen molar-refractivity contribution in [2.45, 2.75) is 25.8 Å². The number of nitrogens with one attached hydrogen (secondary N) is 1. The lowest BCUT2D eigenvalue weighted by Crippen LogP contribution is -2.42. The fourth-order valence-corrected chi connectivity index (χ4v) is 3.88. The van der Waals surface area contributed by atoms with Gasteiger partial charge in [-0.2, -0.15) is 0 Å². The molecule has 138 valence electrons. The minimum Gasteiger partial charge on any atom is -0.378 e. The Labute approximate surface area is 156 Å². The molecular weight excluding hydrogens is 324 g/mol. The highest BCUT2D eigenvalue weighted by Gasteiger charge is 2.21. The number of piperidine rings is 1. The van der Waals surface area contributed by atoms with Gasteiger partial charge in [-0.25, -0.2) is 4.98 Å². The van der Waals surface area contributed by atoms with E-state index < -0.39 is 0 Å². The van der Waals surface area contributed by atoms with Gasteiger partial charge in [0, 0.05) is 55.9 Å². The van der Waals surface area contributed by atoms with Crippen LogP contribution in [0, 0.1) is 6.92 Å². The van der Waals surface area contributed by atoms with Gasteiger partial charge in [-0.3, -0.25) is 0 Å². The maximum Gasteiger partial charge on any atom is 0.128 e. The van der Waals surface area contributed by atoms with Gasteiger partial charge < -0.3 is 19.9 Å². The molecule has 0 saturated carbocycles. The van der Waals surface area contributed by atoms with Gasteiger partial charge >= 0.3 is 0 Å². The van der Waals surface area contributed by atoms with Crippen LogP contribution < -0.4 is 15.1 Å². The van der Waals surface area contributed by atoms with Crippen LogP contribution in [0.3, 0.4) is 0 Å². The van der Waals surface area contributed by atoms with E-state index in [1.54, 1.807) is 0 Å². The lowest BCUT2D eigenvalue weighted by atomic mass is 10.0. The number of aryl methyl sites for hydroxylation is 1. The van der Waals surface area contributed by atoms with Crippen molar-refractivity contribution in [3.05, 3.63) is 48.2 Å². The summed E-state index contributed by atoms with van der Waals surface area (Å²) in [6, 6.07) is 13.5. The molecular formula is C21H28N4O. The average Bonchev–Trinajstić information content (AvgIpc) is 2.69. The van der Waals surface area contributed by atoms with E-state index in [4.69, 9.17) is 4.74 Å². The van der Waals surface area contributed by atoms with E-state index in [-0.39, 0.29) is 0 Å². The highest BCUT2D eigenvalue weighted by atomic mass is 16.5. The molecule has 2 aromatic rings. The molecule has 0 unspecified atom stereocenters. The maximum absolute atomic E-state index is 5.46. The van der Waals surface area contributed by atoms with Crippen molar-refractivity contribution in [2.24, 2.45) is 0 Å². The van der Waals surface area contributed by atoms with E-state index in [0.717, 1.165) is 45.2 Å². The molecule has 1 atom stereocenters. The first-order chi connectivity index (χ1) is 12.8. The molecule has 0 spiro atoms. The number of hydrogen-bond acceptors (Lipinski definition) is 5. The predicted octanol–water partition coefficient (Wildman–Crippen LogP) is 3.31. The first-order valence-electron chi connectivity index (χ1n) is 9.65. The van der Waals surface area contributed by atoms with E-state index in [1.807, 2.05) is 6.20 Å². The van der Waals surface area contributed by atoms with Crippen LogP contribution in [-0.4, -0.2) is 50.4 Å². The summed E-state index contributed by atoms with van der Waals surface area (Å²) in [7, 11) is 0. The van der Waals surface area contributed by atoms with Gasteiger partial charge in [-0.1, -0.05) is 12.1 Å². The molecule has 26 heavy (non-hydrogen) atoms. The number of aromatic nitrogens is 1. The van der Waals surface area contributed by atoms with E-state index in [2.05, 4.69) is 63.4 Å². The number of nitrogens with zero attached hydrogens (tertiary/aromatic N) is 3. The van der Waals surface area contributed by atoms with Gasteiger partial charge in [-0.05, 0) is 43.5 Å². The van der Waals surface area contributed by atoms with Crippen LogP contribution in [-0.2, 0) is 4.74 Å². The summed E-state index contributed by atoms with van der Waals surface area (Å²) in [6.45, 7) is 7.82. The van der Waals surface area contributed by atoms with Crippen LogP contribution in [0.1, 0.15) is 18.4 Å². The Morgan fingerprint density at radius 2 is 1.88 bits per heavy atom. The summed E-state index contributed by atoms with van der Waals surface area (Å²) in [5.41, 5.74) is 3.88. The smallest absolute Gasteiger partial charge is 0.128 e. The first-order valence-corrected chi connectivity index (χ1v) is 9.65. The summed E-state index contributed by atoms with van der Waals surface area (Å²) >= 11 is 0. The third-order valence-corrected chi connectivity index (χ3v) is 5.26. The summed E-state index contributed by atoms with van der Waals surface area (Å²) in [6.07, 6.45) is 4.30. The number of hydrogen-bond donors (Lipinski definition) is 1. The van der Waals surface area contributed by atoms with Crippen molar-refractivity contribution in [1.29, 1.82) is 0 Å². The number of rotatable bonds is 4. The standard InChI is InChI=1S/C21H28N4O/c1-17-4-2-6-19(14-17)25-9-3-5-18(16-25)23-21-15-20(7-8-22-21)24-10-12-26-13-11-24/h2,4,6-8,14-15,18H,3,5,9-13,16H2,1H3,(H,22,23)/t18-/m1/s1. The second kappa shape index (κ2) is 7.96. The van der Waals surface area contributed by atoms with Crippen molar-refractivity contribution >= 4 is 17.2 Å². The molecule has 5 heteroatoms. The zero-order valence-corrected chi connectivity index (χ0v) is 15.5. The molecule has 1 aromatic carbocycles. The molecule has 4 rings (SSSR count). The van der Waals surface area contributed by atoms with Gasteiger partial charge in [-0.15, -0.1) is 0 Å². The van der Waals surface area contributed by atoms with Crippen LogP contribution in [0.2, 0.25) is 0 Å². The van der Waals surface area contributed by atoms with Crippen LogP contribution in [0.4, 0.5) is 17.2 Å². The van der Waals surface area contributed by atoms with E-state index in [1.165, 1.54) is 29.8 Å². The lowest BCUT2D eigenvalue weighted by molar-refractivity contribution is 0.122. The van der Waals surface area contributed by atoms with Crippen molar-refractivity contribution in [2.75, 3.05) is 54.5 Å². The Balaban J connectivity index is 1.42. The zero-order chi connectivity index (χ0) is 17.8. The second-order valence-electron chi connectivity index (χ2n) is 7.27. The SMILES string of the molecule is Cc1cccc(N2CCC[C@@H](Nc3cc(N4CCOCC4)ccn3)C2)c1. The number of benzene rings is 1. The average molecular weight is 352 g/mol. The Hall–Kier alpha value is -2.27. The van der Waals surface area contributed by atoms with E-state index >= 15 is 0 Å². The van der Waals surface area contributed by atoms with Gasteiger partial charge in [0.05, 0.1) is 13.2 Å². The molecule has 2 aliphatic heterocycles. The third-order valence-electron chi connectivity index (χ3n) is 5.26. The minimum absolute atomic E-state index is 0.428. The molecule has 2 aliphatic rings. The topological polar surface area (TPSA) is 40.6 Å². The fraction of sp³-hybridized carbons (Fsp3) is 0.476. The van der Waals surface area contributed by atoms with Gasteiger partial charge in [0.25, 0.3) is 0 Å². The Bertz CT molecular complexity index is 729. The molecule has 2 fully saturated rings. The largest absolute Gasteiger partial charge is 0.378 e. The van der Waals surface area contributed by atoms with Crippen molar-refractivity contribution < 1.29 is 4.74 Å². The normalized spacial score (nSPS) is 20.9. The quantitative estimate of drug-likeness (QED) is 0.914. The van der Waals surface area contributed by atoms with E-state index in [0.29, 0.717) is 6.04 Å². The highest BCUT2D eigenvalue weighted by molar-refractivity contribution is 5.55. The molecule has 0 amide bonds. The maximum atomic E-state index is 5.46. The monoisotopic (exact) mass is 352 g/mol. The highest BCUT2D eigenvalue weighted by Crippen LogP contribution is 2.24. The summed E-state index contributed by atoms with van der Waals surface area (Å²) in [5.74, 6) is 0.977. The van der Waals surface area contributed by atoms with Gasteiger partial charge in [0.15, 0.2) is 0 Å². The van der Waals surface area contributed by atoms with Gasteiger partial charge in [0.1, 0.15) is 5.82 Å². The summed E-state index contributed by atoms with van der Waals surface area (Å²) < 4.78 is 5.46. The lowest BCUT2D eigenvalue weighted by Gasteiger charge is -2.35. The summed E-state index contributed by atoms with van der Waals surface area (Å²) in [5, 5.41) is 3.66. The molecule has 0 radical (unpaired) electrons. The Morgan fingerprint density at radius 3 is 2.73 bits per heavy atom. The van der Waals surface area contributed by atoms with Crippen LogP contribution >= 0.6 is 0 Å². The molecule has 1 N–H and O–H groups in total. The predicted molar refractivity (Wildman–Crippen MR) is 107 cm³/mol. The summed E-state index contributed by atoms with van der Waals surface area (Å²) in [4.78, 5) is 9.41. The number of anilines is 3. The number of ether oxygens (including phenoxy) is 1. The molecule has 0 aliphatic carbocycles. The second-order valence-corrected chi connectivity index (χ2v) is 7.27. The Kier molecular flexibility index (Phi) is 5.25. The minimum atomic E-state index is 0.428. The van der Waals surface area contributed by atoms with Crippen LogP contribution in [0.25, 0.3) is 0 Å². The van der Waals surface area contributed by atoms with E-state index in [9.17, 15) is 0 Å². The first kappa shape index (κ1) is 17.2. The molecule has 0 bridgehead atoms. The Morgan fingerprint density at radius 1 is 1.04 bits per heavy atom. The third kappa shape index (κ3) is 4.10. The zero-order valence-electron chi connectivity index (χ0n) is 15.5. The molecule has 5 nitrogen and oxygen atoms in total. The molecule has 2 saturated heterocycles. The van der Waals surface area contributed by atoms with Crippen LogP contribution in [0.5, 0.6) is 0 Å². The van der Waals surface area contributed by atoms with Crippen molar-refractivity contribution in [3.8, 4) is 0 Å². The number of morpholine rings is 1. The van der Waals surface area contributed by atoms with Crippen molar-refractivity contribution in [1.82, 2.24) is 4.98 Å². The van der Waals surface area contributed by atoms with Crippen LogP contribution in [0.15, 0.2) is 42.6 Å². The van der Waals surface area contributed by atoms with Crippen molar-refractivity contribution in [3.63, 3.8) is 0 Å². The fourth-order valence-electron chi connectivity index (χ4n) is 3.88. The number of pyridine rings is 1.